The Balaban J connectivity index is 1.40. The van der Waals surface area contributed by atoms with E-state index in [1.54, 1.807) is 0 Å². The first-order valence-electron chi connectivity index (χ1n) is 10.4. The van der Waals surface area contributed by atoms with Crippen molar-refractivity contribution in [1.29, 1.82) is 0 Å². The van der Waals surface area contributed by atoms with Crippen LogP contribution in [0.25, 0.3) is 0 Å². The molecule has 2 aromatic heterocycles. The van der Waals surface area contributed by atoms with Gasteiger partial charge in [-0.05, 0) is 64.4 Å². The lowest BCUT2D eigenvalue weighted by molar-refractivity contribution is 0.192. The third-order valence-electron chi connectivity index (χ3n) is 6.01. The number of likely N-dealkylation sites (tertiary alicyclic amines) is 2. The molecule has 4 rings (SSSR count). The van der Waals surface area contributed by atoms with Gasteiger partial charge in [-0.2, -0.15) is 0 Å². The van der Waals surface area contributed by atoms with Gasteiger partial charge in [-0.1, -0.05) is 12.5 Å². The van der Waals surface area contributed by atoms with Crippen LogP contribution in [0.3, 0.4) is 0 Å². The predicted molar refractivity (Wildman–Crippen MR) is 106 cm³/mol. The van der Waals surface area contributed by atoms with Crippen LogP contribution in [0, 0.1) is 6.92 Å². The Morgan fingerprint density at radius 2 is 1.78 bits per heavy atom. The first kappa shape index (κ1) is 18.6. The molecule has 2 fully saturated rings. The monoisotopic (exact) mass is 368 g/mol. The molecule has 0 unspecified atom stereocenters. The molecular weight excluding hydrogens is 336 g/mol. The zero-order valence-electron chi connectivity index (χ0n) is 16.8. The molecule has 0 amide bonds. The van der Waals surface area contributed by atoms with Gasteiger partial charge in [0.2, 0.25) is 0 Å². The molecule has 0 aromatic carbocycles. The minimum Gasteiger partial charge on any atom is -0.317 e. The molecule has 27 heavy (non-hydrogen) atoms. The van der Waals surface area contributed by atoms with Crippen molar-refractivity contribution in [3.05, 3.63) is 41.2 Å². The van der Waals surface area contributed by atoms with Crippen molar-refractivity contribution in [1.82, 2.24) is 29.5 Å². The maximum absolute atomic E-state index is 4.67. The Morgan fingerprint density at radius 1 is 0.963 bits per heavy atom. The lowest BCUT2D eigenvalue weighted by atomic mass is 9.97. The van der Waals surface area contributed by atoms with Gasteiger partial charge in [-0.3, -0.25) is 14.8 Å². The van der Waals surface area contributed by atoms with Crippen LogP contribution < -0.4 is 0 Å². The molecule has 2 aliphatic rings. The van der Waals surface area contributed by atoms with Gasteiger partial charge in [0.1, 0.15) is 11.6 Å². The minimum absolute atomic E-state index is 0.469. The number of nitrogens with zero attached hydrogens (tertiary/aromatic N) is 6. The van der Waals surface area contributed by atoms with Crippen molar-refractivity contribution >= 4 is 0 Å². The van der Waals surface area contributed by atoms with Crippen molar-refractivity contribution in [3.8, 4) is 0 Å². The first-order chi connectivity index (χ1) is 13.2. The van der Waals surface area contributed by atoms with Crippen LogP contribution in [0.15, 0.2) is 18.2 Å². The lowest BCUT2D eigenvalue weighted by Gasteiger charge is -2.32. The van der Waals surface area contributed by atoms with E-state index in [9.17, 15) is 0 Å². The largest absolute Gasteiger partial charge is 0.317 e. The zero-order valence-corrected chi connectivity index (χ0v) is 16.8. The fourth-order valence-electron chi connectivity index (χ4n) is 4.51. The van der Waals surface area contributed by atoms with Crippen molar-refractivity contribution in [2.24, 2.45) is 7.05 Å². The quantitative estimate of drug-likeness (QED) is 0.812. The van der Waals surface area contributed by atoms with Gasteiger partial charge in [0, 0.05) is 31.7 Å². The molecular formula is C21H32N6. The smallest absolute Gasteiger partial charge is 0.146 e. The van der Waals surface area contributed by atoms with Crippen LogP contribution in [0.4, 0.5) is 0 Å². The van der Waals surface area contributed by atoms with Crippen LogP contribution in [0.5, 0.6) is 0 Å². The maximum Gasteiger partial charge on any atom is 0.146 e. The first-order valence-corrected chi connectivity index (χ1v) is 10.4. The Hall–Kier alpha value is -1.79. The average Bonchev–Trinajstić information content (AvgIpc) is 3.03. The molecule has 6 heteroatoms. The standard InChI is InChI=1S/C21H32N6/c1-17-8-6-10-19(22-17)15-27-13-7-9-18(14-27)21-24-23-20(25(21)2)16-26-11-4-3-5-12-26/h6,8,10,18H,3-5,7,9,11-16H2,1-2H3/t18-/m0/s1. The summed E-state index contributed by atoms with van der Waals surface area (Å²) in [5.41, 5.74) is 2.26. The molecule has 2 aromatic rings. The number of pyridine rings is 1. The summed E-state index contributed by atoms with van der Waals surface area (Å²) in [6, 6.07) is 6.30. The lowest BCUT2D eigenvalue weighted by Crippen LogP contribution is -2.35. The summed E-state index contributed by atoms with van der Waals surface area (Å²) in [6.07, 6.45) is 6.41. The van der Waals surface area contributed by atoms with E-state index in [2.05, 4.69) is 61.7 Å². The second-order valence-corrected chi connectivity index (χ2v) is 8.21. The van der Waals surface area contributed by atoms with E-state index in [4.69, 9.17) is 0 Å². The van der Waals surface area contributed by atoms with Gasteiger partial charge in [0.05, 0.1) is 12.2 Å². The van der Waals surface area contributed by atoms with E-state index < -0.39 is 0 Å². The third kappa shape index (κ3) is 4.55. The Morgan fingerprint density at radius 3 is 2.59 bits per heavy atom. The van der Waals surface area contributed by atoms with Crippen LogP contribution in [0.1, 0.15) is 61.1 Å². The summed E-state index contributed by atoms with van der Waals surface area (Å²) in [7, 11) is 2.15. The van der Waals surface area contributed by atoms with Crippen molar-refractivity contribution in [2.45, 2.75) is 58.0 Å². The topological polar surface area (TPSA) is 50.1 Å². The van der Waals surface area contributed by atoms with Gasteiger partial charge >= 0.3 is 0 Å². The predicted octanol–water partition coefficient (Wildman–Crippen LogP) is 2.88. The minimum atomic E-state index is 0.469. The fourth-order valence-corrected chi connectivity index (χ4v) is 4.51. The van der Waals surface area contributed by atoms with Crippen LogP contribution in [-0.2, 0) is 20.1 Å². The molecule has 0 aliphatic carbocycles. The molecule has 0 bridgehead atoms. The maximum atomic E-state index is 4.67. The van der Waals surface area contributed by atoms with Crippen LogP contribution in [0.2, 0.25) is 0 Å². The van der Waals surface area contributed by atoms with Gasteiger partial charge in [-0.15, -0.1) is 10.2 Å². The molecule has 146 valence electrons. The highest BCUT2D eigenvalue weighted by atomic mass is 15.3. The number of hydrogen-bond acceptors (Lipinski definition) is 5. The Labute approximate surface area is 162 Å². The highest BCUT2D eigenvalue weighted by Crippen LogP contribution is 2.27. The normalized spacial score (nSPS) is 22.2. The summed E-state index contributed by atoms with van der Waals surface area (Å²) >= 11 is 0. The van der Waals surface area contributed by atoms with Gasteiger partial charge < -0.3 is 4.57 Å². The number of piperidine rings is 2. The molecule has 6 nitrogen and oxygen atoms in total. The highest BCUT2D eigenvalue weighted by molar-refractivity contribution is 5.10. The average molecular weight is 369 g/mol. The van der Waals surface area contributed by atoms with Crippen molar-refractivity contribution in [2.75, 3.05) is 26.2 Å². The molecule has 2 aliphatic heterocycles. The van der Waals surface area contributed by atoms with Crippen LogP contribution in [-0.4, -0.2) is 55.7 Å². The second kappa shape index (κ2) is 8.48. The summed E-state index contributed by atoms with van der Waals surface area (Å²) in [6.45, 7) is 8.51. The fraction of sp³-hybridized carbons (Fsp3) is 0.667. The number of aryl methyl sites for hydroxylation is 1. The van der Waals surface area contributed by atoms with Crippen molar-refractivity contribution in [3.63, 3.8) is 0 Å². The second-order valence-electron chi connectivity index (χ2n) is 8.21. The molecule has 0 N–H and O–H groups in total. The SMILES string of the molecule is Cc1cccc(CN2CCC[C@H](c3nnc(CN4CCCCC4)n3C)C2)n1. The Bertz CT molecular complexity index is 749. The summed E-state index contributed by atoms with van der Waals surface area (Å²) in [4.78, 5) is 9.72. The van der Waals surface area contributed by atoms with Gasteiger partial charge in [-0.25, -0.2) is 0 Å². The summed E-state index contributed by atoms with van der Waals surface area (Å²) in [5.74, 6) is 2.74. The van der Waals surface area contributed by atoms with E-state index in [-0.39, 0.29) is 0 Å². The van der Waals surface area contributed by atoms with E-state index in [0.717, 1.165) is 43.5 Å². The molecule has 0 radical (unpaired) electrons. The molecule has 2 saturated heterocycles. The molecule has 0 spiro atoms. The number of hydrogen-bond donors (Lipinski definition) is 0. The molecule has 1 atom stereocenters. The van der Waals surface area contributed by atoms with Crippen LogP contribution >= 0.6 is 0 Å². The summed E-state index contributed by atoms with van der Waals surface area (Å²) < 4.78 is 2.26. The third-order valence-corrected chi connectivity index (χ3v) is 6.01. The van der Waals surface area contributed by atoms with E-state index in [1.165, 1.54) is 50.9 Å². The molecule has 4 heterocycles. The van der Waals surface area contributed by atoms with E-state index in [0.29, 0.717) is 5.92 Å². The molecule has 0 saturated carbocycles. The number of aromatic nitrogens is 4. The van der Waals surface area contributed by atoms with Gasteiger partial charge in [0.25, 0.3) is 0 Å². The number of rotatable bonds is 5. The summed E-state index contributed by atoms with van der Waals surface area (Å²) in [5, 5.41) is 9.15. The van der Waals surface area contributed by atoms with E-state index in [1.807, 2.05) is 0 Å². The Kier molecular flexibility index (Phi) is 5.83. The highest BCUT2D eigenvalue weighted by Gasteiger charge is 2.26. The zero-order chi connectivity index (χ0) is 18.6. The van der Waals surface area contributed by atoms with E-state index >= 15 is 0 Å². The van der Waals surface area contributed by atoms with Crippen molar-refractivity contribution < 1.29 is 0 Å². The van der Waals surface area contributed by atoms with Gasteiger partial charge in [0.15, 0.2) is 0 Å².